The van der Waals surface area contributed by atoms with E-state index in [0.29, 0.717) is 5.69 Å². The van der Waals surface area contributed by atoms with E-state index in [1.807, 2.05) is 12.1 Å². The van der Waals surface area contributed by atoms with Crippen LogP contribution in [-0.4, -0.2) is 42.5 Å². The highest BCUT2D eigenvalue weighted by Crippen LogP contribution is 2.19. The highest BCUT2D eigenvalue weighted by molar-refractivity contribution is 5.62. The van der Waals surface area contributed by atoms with Crippen molar-refractivity contribution >= 4 is 17.9 Å². The van der Waals surface area contributed by atoms with E-state index < -0.39 is 0 Å². The molecule has 1 fully saturated rings. The highest BCUT2D eigenvalue weighted by atomic mass is 16.1. The number of rotatable bonds is 2. The molecule has 2 rings (SSSR count). The molecule has 0 bridgehead atoms. The second kappa shape index (κ2) is 4.16. The maximum atomic E-state index is 10.5. The molecule has 15 heavy (non-hydrogen) atoms. The number of anilines is 2. The van der Waals surface area contributed by atoms with Gasteiger partial charge in [0.25, 0.3) is 0 Å². The molecule has 0 spiro atoms. The number of piperazine rings is 1. The van der Waals surface area contributed by atoms with Crippen LogP contribution < -0.4 is 10.6 Å². The number of carbonyl (C=O) groups is 1. The number of aromatic nitrogens is 1. The average molecular weight is 206 g/mol. The van der Waals surface area contributed by atoms with Crippen LogP contribution in [0.15, 0.2) is 18.3 Å². The lowest BCUT2D eigenvalue weighted by molar-refractivity contribution is -0.118. The number of hydrogen-bond donors (Lipinski definition) is 1. The third-order valence-electron chi connectivity index (χ3n) is 2.58. The molecule has 1 amide bonds. The summed E-state index contributed by atoms with van der Waals surface area (Å²) in [5, 5.41) is 0. The van der Waals surface area contributed by atoms with E-state index in [4.69, 9.17) is 5.73 Å². The molecule has 80 valence electrons. The first-order valence-corrected chi connectivity index (χ1v) is 4.96. The largest absolute Gasteiger partial charge is 0.396 e. The molecule has 0 atom stereocenters. The number of nitrogen functional groups attached to an aromatic ring is 1. The van der Waals surface area contributed by atoms with Crippen molar-refractivity contribution in [1.29, 1.82) is 0 Å². The Labute approximate surface area is 88.5 Å². The summed E-state index contributed by atoms with van der Waals surface area (Å²) < 4.78 is 0. The van der Waals surface area contributed by atoms with E-state index in [1.54, 1.807) is 11.1 Å². The Morgan fingerprint density at radius 1 is 1.33 bits per heavy atom. The molecule has 0 radical (unpaired) electrons. The summed E-state index contributed by atoms with van der Waals surface area (Å²) in [4.78, 5) is 18.7. The Morgan fingerprint density at radius 2 is 2.07 bits per heavy atom. The van der Waals surface area contributed by atoms with E-state index in [0.717, 1.165) is 38.4 Å². The number of nitrogens with zero attached hydrogens (tertiary/aromatic N) is 3. The van der Waals surface area contributed by atoms with Crippen LogP contribution >= 0.6 is 0 Å². The van der Waals surface area contributed by atoms with Gasteiger partial charge in [-0.3, -0.25) is 4.79 Å². The van der Waals surface area contributed by atoms with Crippen LogP contribution in [0.2, 0.25) is 0 Å². The molecule has 1 saturated heterocycles. The summed E-state index contributed by atoms with van der Waals surface area (Å²) in [5.74, 6) is 0.822. The van der Waals surface area contributed by atoms with Gasteiger partial charge in [0.15, 0.2) is 5.82 Å². The van der Waals surface area contributed by atoms with E-state index in [-0.39, 0.29) is 0 Å². The molecule has 1 aromatic rings. The van der Waals surface area contributed by atoms with Crippen LogP contribution in [0, 0.1) is 0 Å². The van der Waals surface area contributed by atoms with Gasteiger partial charge in [-0.25, -0.2) is 4.98 Å². The Kier molecular flexibility index (Phi) is 2.71. The minimum atomic E-state index is 0.692. The molecule has 1 aliphatic rings. The second-order valence-electron chi connectivity index (χ2n) is 3.54. The summed E-state index contributed by atoms with van der Waals surface area (Å²) in [6.07, 6.45) is 2.62. The van der Waals surface area contributed by atoms with Gasteiger partial charge >= 0.3 is 0 Å². The highest BCUT2D eigenvalue weighted by Gasteiger charge is 2.17. The lowest BCUT2D eigenvalue weighted by Crippen LogP contribution is -2.46. The van der Waals surface area contributed by atoms with Gasteiger partial charge < -0.3 is 15.5 Å². The third kappa shape index (κ3) is 2.01. The zero-order valence-corrected chi connectivity index (χ0v) is 8.47. The number of hydrogen-bond acceptors (Lipinski definition) is 4. The van der Waals surface area contributed by atoms with Gasteiger partial charge in [0.2, 0.25) is 6.41 Å². The van der Waals surface area contributed by atoms with Crippen LogP contribution in [0.3, 0.4) is 0 Å². The van der Waals surface area contributed by atoms with Crippen LogP contribution in [-0.2, 0) is 4.79 Å². The summed E-state index contributed by atoms with van der Waals surface area (Å²) >= 11 is 0. The molecule has 0 aromatic carbocycles. The Morgan fingerprint density at radius 3 is 2.67 bits per heavy atom. The van der Waals surface area contributed by atoms with Crippen molar-refractivity contribution in [2.24, 2.45) is 0 Å². The molecule has 1 aliphatic heterocycles. The molecule has 1 aromatic heterocycles. The van der Waals surface area contributed by atoms with Gasteiger partial charge in [-0.2, -0.15) is 0 Å². The standard InChI is InChI=1S/C10H14N4O/c11-9-2-1-3-12-10(9)14-6-4-13(8-15)5-7-14/h1-3,8H,4-7,11H2. The topological polar surface area (TPSA) is 62.5 Å². The fourth-order valence-electron chi connectivity index (χ4n) is 1.71. The predicted octanol–water partition coefficient (Wildman–Crippen LogP) is -0.0578. The zero-order chi connectivity index (χ0) is 10.7. The molecule has 2 heterocycles. The maximum absolute atomic E-state index is 10.5. The van der Waals surface area contributed by atoms with E-state index in [2.05, 4.69) is 9.88 Å². The van der Waals surface area contributed by atoms with Crippen molar-refractivity contribution < 1.29 is 4.79 Å². The molecule has 5 nitrogen and oxygen atoms in total. The Balaban J connectivity index is 2.07. The first-order chi connectivity index (χ1) is 7.31. The molecule has 5 heteroatoms. The fourth-order valence-corrected chi connectivity index (χ4v) is 1.71. The van der Waals surface area contributed by atoms with Crippen molar-refractivity contribution in [3.63, 3.8) is 0 Å². The van der Waals surface area contributed by atoms with Gasteiger partial charge in [-0.15, -0.1) is 0 Å². The predicted molar refractivity (Wildman–Crippen MR) is 58.5 cm³/mol. The van der Waals surface area contributed by atoms with E-state index in [9.17, 15) is 4.79 Å². The summed E-state index contributed by atoms with van der Waals surface area (Å²) in [6.45, 7) is 3.05. The lowest BCUT2D eigenvalue weighted by atomic mass is 10.3. The van der Waals surface area contributed by atoms with Crippen LogP contribution in [0.5, 0.6) is 0 Å². The van der Waals surface area contributed by atoms with Crippen LogP contribution in [0.25, 0.3) is 0 Å². The molecule has 0 saturated carbocycles. The maximum Gasteiger partial charge on any atom is 0.209 e. The zero-order valence-electron chi connectivity index (χ0n) is 8.47. The van der Waals surface area contributed by atoms with Crippen molar-refractivity contribution in [2.75, 3.05) is 36.8 Å². The van der Waals surface area contributed by atoms with Crippen molar-refractivity contribution in [3.8, 4) is 0 Å². The molecule has 2 N–H and O–H groups in total. The van der Waals surface area contributed by atoms with Crippen molar-refractivity contribution in [1.82, 2.24) is 9.88 Å². The van der Waals surface area contributed by atoms with Crippen LogP contribution in [0.1, 0.15) is 0 Å². The average Bonchev–Trinajstić information content (AvgIpc) is 2.30. The Hall–Kier alpha value is -1.78. The Bertz CT molecular complexity index is 347. The monoisotopic (exact) mass is 206 g/mol. The molecule has 0 aliphatic carbocycles. The minimum Gasteiger partial charge on any atom is -0.396 e. The van der Waals surface area contributed by atoms with Crippen molar-refractivity contribution in [3.05, 3.63) is 18.3 Å². The first-order valence-electron chi connectivity index (χ1n) is 4.96. The van der Waals surface area contributed by atoms with Crippen LogP contribution in [0.4, 0.5) is 11.5 Å². The molecular formula is C10H14N4O. The third-order valence-corrected chi connectivity index (χ3v) is 2.58. The first kappa shape index (κ1) is 9.76. The quantitative estimate of drug-likeness (QED) is 0.689. The normalized spacial score (nSPS) is 16.5. The minimum absolute atomic E-state index is 0.692. The molecule has 0 unspecified atom stereocenters. The van der Waals surface area contributed by atoms with Gasteiger partial charge in [-0.1, -0.05) is 0 Å². The van der Waals surface area contributed by atoms with Gasteiger partial charge in [0.1, 0.15) is 0 Å². The summed E-state index contributed by atoms with van der Waals surface area (Å²) in [6, 6.07) is 3.66. The fraction of sp³-hybridized carbons (Fsp3) is 0.400. The second-order valence-corrected chi connectivity index (χ2v) is 3.54. The number of carbonyl (C=O) groups excluding carboxylic acids is 1. The summed E-state index contributed by atoms with van der Waals surface area (Å²) in [5.41, 5.74) is 6.52. The number of nitrogens with two attached hydrogens (primary N) is 1. The van der Waals surface area contributed by atoms with Gasteiger partial charge in [0.05, 0.1) is 5.69 Å². The summed E-state index contributed by atoms with van der Waals surface area (Å²) in [7, 11) is 0. The molecular weight excluding hydrogens is 192 g/mol. The van der Waals surface area contributed by atoms with E-state index >= 15 is 0 Å². The van der Waals surface area contributed by atoms with E-state index in [1.165, 1.54) is 0 Å². The smallest absolute Gasteiger partial charge is 0.209 e. The van der Waals surface area contributed by atoms with Gasteiger partial charge in [0, 0.05) is 32.4 Å². The van der Waals surface area contributed by atoms with Crippen molar-refractivity contribution in [2.45, 2.75) is 0 Å². The SMILES string of the molecule is Nc1cccnc1N1CCN(C=O)CC1. The number of pyridine rings is 1. The van der Waals surface area contributed by atoms with Gasteiger partial charge in [-0.05, 0) is 12.1 Å². The lowest BCUT2D eigenvalue weighted by Gasteiger charge is -2.33. The number of amides is 1.